The van der Waals surface area contributed by atoms with Crippen LogP contribution >= 0.6 is 0 Å². The van der Waals surface area contributed by atoms with Crippen LogP contribution in [0.1, 0.15) is 22.4 Å². The van der Waals surface area contributed by atoms with Gasteiger partial charge in [-0.25, -0.2) is 4.39 Å². The Balaban J connectivity index is 1.66. The quantitative estimate of drug-likeness (QED) is 0.485. The lowest BCUT2D eigenvalue weighted by atomic mass is 10.1. The molecule has 0 aliphatic heterocycles. The van der Waals surface area contributed by atoms with Crippen LogP contribution in [-0.4, -0.2) is 20.6 Å². The SMILES string of the molecule is Cc1cccc(C)c1NC(=O)Cn1c(C)cc(C)c(-c2nc(-c3ccc(F)cc3)no2)c1=O. The smallest absolute Gasteiger partial charge is 0.264 e. The Morgan fingerprint density at radius 3 is 2.36 bits per heavy atom. The number of nitrogens with one attached hydrogen (secondary N) is 1. The average molecular weight is 446 g/mol. The predicted octanol–water partition coefficient (Wildman–Crippen LogP) is 4.58. The minimum absolute atomic E-state index is 0.0423. The topological polar surface area (TPSA) is 90.0 Å². The van der Waals surface area contributed by atoms with Gasteiger partial charge in [-0.3, -0.25) is 9.59 Å². The number of aryl methyl sites for hydroxylation is 4. The first kappa shape index (κ1) is 22.1. The first-order valence-electron chi connectivity index (χ1n) is 10.4. The molecule has 33 heavy (non-hydrogen) atoms. The van der Waals surface area contributed by atoms with Crippen molar-refractivity contribution in [2.75, 3.05) is 5.32 Å². The van der Waals surface area contributed by atoms with Crippen LogP contribution < -0.4 is 10.9 Å². The molecule has 0 atom stereocenters. The number of aromatic nitrogens is 3. The van der Waals surface area contributed by atoms with Crippen molar-refractivity contribution < 1.29 is 13.7 Å². The molecule has 8 heteroatoms. The fraction of sp³-hybridized carbons (Fsp3) is 0.200. The van der Waals surface area contributed by atoms with Crippen molar-refractivity contribution in [1.82, 2.24) is 14.7 Å². The van der Waals surface area contributed by atoms with Crippen LogP contribution in [0.15, 0.2) is 57.8 Å². The summed E-state index contributed by atoms with van der Waals surface area (Å²) >= 11 is 0. The van der Waals surface area contributed by atoms with E-state index < -0.39 is 5.56 Å². The molecule has 1 amide bonds. The first-order valence-corrected chi connectivity index (χ1v) is 10.4. The maximum Gasteiger partial charge on any atom is 0.264 e. The van der Waals surface area contributed by atoms with Gasteiger partial charge in [0.05, 0.1) is 0 Å². The molecule has 0 fully saturated rings. The van der Waals surface area contributed by atoms with Gasteiger partial charge >= 0.3 is 0 Å². The van der Waals surface area contributed by atoms with Crippen molar-refractivity contribution in [3.8, 4) is 22.8 Å². The molecule has 0 aliphatic rings. The lowest BCUT2D eigenvalue weighted by Gasteiger charge is -2.15. The molecule has 4 rings (SSSR count). The number of pyridine rings is 1. The maximum atomic E-state index is 13.3. The summed E-state index contributed by atoms with van der Waals surface area (Å²) in [5, 5.41) is 6.83. The number of amides is 1. The minimum atomic E-state index is -0.404. The highest BCUT2D eigenvalue weighted by Gasteiger charge is 2.20. The molecule has 1 N–H and O–H groups in total. The summed E-state index contributed by atoms with van der Waals surface area (Å²) in [6.45, 7) is 7.20. The first-order chi connectivity index (χ1) is 15.7. The average Bonchev–Trinajstić information content (AvgIpc) is 3.24. The molecular weight excluding hydrogens is 423 g/mol. The van der Waals surface area contributed by atoms with E-state index >= 15 is 0 Å². The third kappa shape index (κ3) is 4.45. The van der Waals surface area contributed by atoms with Crippen molar-refractivity contribution in [3.05, 3.63) is 87.1 Å². The van der Waals surface area contributed by atoms with Crippen molar-refractivity contribution in [2.45, 2.75) is 34.2 Å². The number of nitrogens with zero attached hydrogens (tertiary/aromatic N) is 3. The number of carbonyl (C=O) groups is 1. The van der Waals surface area contributed by atoms with Crippen LogP contribution in [0, 0.1) is 33.5 Å². The summed E-state index contributed by atoms with van der Waals surface area (Å²) in [5.74, 6) is -0.409. The van der Waals surface area contributed by atoms with E-state index in [-0.39, 0.29) is 35.5 Å². The van der Waals surface area contributed by atoms with E-state index in [9.17, 15) is 14.0 Å². The van der Waals surface area contributed by atoms with E-state index in [1.54, 1.807) is 19.9 Å². The Labute approximate surface area is 189 Å². The van der Waals surface area contributed by atoms with Gasteiger partial charge in [-0.15, -0.1) is 0 Å². The fourth-order valence-electron chi connectivity index (χ4n) is 3.76. The van der Waals surface area contributed by atoms with Crippen molar-refractivity contribution in [2.24, 2.45) is 0 Å². The molecule has 2 aromatic carbocycles. The standard InChI is InChI=1S/C25H23FN4O3/c1-14-6-5-7-15(2)22(14)27-20(31)13-30-17(4)12-16(3)21(25(30)32)24-28-23(29-33-24)18-8-10-19(26)11-9-18/h5-12H,13H2,1-4H3,(H,27,31). The van der Waals surface area contributed by atoms with Crippen molar-refractivity contribution in [3.63, 3.8) is 0 Å². The van der Waals surface area contributed by atoms with Crippen molar-refractivity contribution >= 4 is 11.6 Å². The number of hydrogen-bond acceptors (Lipinski definition) is 5. The molecule has 0 unspecified atom stereocenters. The van der Waals surface area contributed by atoms with Crippen molar-refractivity contribution in [1.29, 1.82) is 0 Å². The van der Waals surface area contributed by atoms with Crippen LogP contribution in [0.4, 0.5) is 10.1 Å². The molecule has 7 nitrogen and oxygen atoms in total. The third-order valence-electron chi connectivity index (χ3n) is 5.49. The Bertz CT molecular complexity index is 1380. The second-order valence-electron chi connectivity index (χ2n) is 7.98. The summed E-state index contributed by atoms with van der Waals surface area (Å²) in [7, 11) is 0. The van der Waals surface area contributed by atoms with E-state index in [1.807, 2.05) is 32.0 Å². The third-order valence-corrected chi connectivity index (χ3v) is 5.49. The summed E-state index contributed by atoms with van der Waals surface area (Å²) in [6, 6.07) is 13.2. The number of para-hydroxylation sites is 1. The largest absolute Gasteiger partial charge is 0.333 e. The monoisotopic (exact) mass is 446 g/mol. The van der Waals surface area contributed by atoms with Crippen LogP contribution in [0.3, 0.4) is 0 Å². The van der Waals surface area contributed by atoms with E-state index in [2.05, 4.69) is 15.5 Å². The zero-order chi connectivity index (χ0) is 23.7. The molecule has 0 aliphatic carbocycles. The Hall–Kier alpha value is -4.07. The van der Waals surface area contributed by atoms with Gasteiger partial charge in [0, 0.05) is 16.9 Å². The molecule has 0 spiro atoms. The summed E-state index contributed by atoms with van der Waals surface area (Å²) in [6.07, 6.45) is 0. The second-order valence-corrected chi connectivity index (χ2v) is 7.98. The zero-order valence-electron chi connectivity index (χ0n) is 18.8. The highest BCUT2D eigenvalue weighted by atomic mass is 19.1. The summed E-state index contributed by atoms with van der Waals surface area (Å²) < 4.78 is 19.9. The lowest BCUT2D eigenvalue weighted by Crippen LogP contribution is -2.31. The number of carbonyl (C=O) groups excluding carboxylic acids is 1. The maximum absolute atomic E-state index is 13.3. The Kier molecular flexibility index (Phi) is 5.91. The molecule has 0 saturated heterocycles. The number of rotatable bonds is 5. The van der Waals surface area contributed by atoms with Crippen LogP contribution in [-0.2, 0) is 11.3 Å². The van der Waals surface area contributed by atoms with E-state index in [0.29, 0.717) is 16.8 Å². The number of anilines is 1. The molecular formula is C25H23FN4O3. The molecule has 2 heterocycles. The van der Waals surface area contributed by atoms with E-state index in [1.165, 1.54) is 28.8 Å². The van der Waals surface area contributed by atoms with Crippen LogP contribution in [0.2, 0.25) is 0 Å². The predicted molar refractivity (Wildman–Crippen MR) is 123 cm³/mol. The highest BCUT2D eigenvalue weighted by Crippen LogP contribution is 2.24. The Morgan fingerprint density at radius 2 is 1.70 bits per heavy atom. The number of halogens is 1. The molecule has 0 saturated carbocycles. The van der Waals surface area contributed by atoms with E-state index in [0.717, 1.165) is 16.8 Å². The molecule has 0 bridgehead atoms. The molecule has 0 radical (unpaired) electrons. The number of benzene rings is 2. The van der Waals surface area contributed by atoms with Crippen LogP contribution in [0.25, 0.3) is 22.8 Å². The molecule has 4 aromatic rings. The zero-order valence-corrected chi connectivity index (χ0v) is 18.8. The molecule has 168 valence electrons. The fourth-order valence-corrected chi connectivity index (χ4v) is 3.76. The van der Waals surface area contributed by atoms with Gasteiger partial charge in [0.15, 0.2) is 0 Å². The Morgan fingerprint density at radius 1 is 1.03 bits per heavy atom. The normalized spacial score (nSPS) is 10.9. The highest BCUT2D eigenvalue weighted by molar-refractivity contribution is 5.92. The van der Waals surface area contributed by atoms with Crippen LogP contribution in [0.5, 0.6) is 0 Å². The van der Waals surface area contributed by atoms with Gasteiger partial charge < -0.3 is 14.4 Å². The van der Waals surface area contributed by atoms with Gasteiger partial charge in [0.25, 0.3) is 11.4 Å². The second kappa shape index (κ2) is 8.82. The van der Waals surface area contributed by atoms with Gasteiger partial charge in [-0.2, -0.15) is 4.98 Å². The van der Waals surface area contributed by atoms with Gasteiger partial charge in [0.1, 0.15) is 17.9 Å². The van der Waals surface area contributed by atoms with Gasteiger partial charge in [0.2, 0.25) is 11.7 Å². The summed E-state index contributed by atoms with van der Waals surface area (Å²) in [4.78, 5) is 30.4. The molecule has 2 aromatic heterocycles. The lowest BCUT2D eigenvalue weighted by molar-refractivity contribution is -0.116. The summed E-state index contributed by atoms with van der Waals surface area (Å²) in [5.41, 5.74) is 4.28. The van der Waals surface area contributed by atoms with Gasteiger partial charge in [-0.1, -0.05) is 23.4 Å². The van der Waals surface area contributed by atoms with Gasteiger partial charge in [-0.05, 0) is 74.7 Å². The minimum Gasteiger partial charge on any atom is -0.333 e. The van der Waals surface area contributed by atoms with E-state index in [4.69, 9.17) is 4.52 Å². The number of hydrogen-bond donors (Lipinski definition) is 1.